The second-order valence-corrected chi connectivity index (χ2v) is 7.37. The lowest BCUT2D eigenvalue weighted by atomic mass is 10.0. The maximum Gasteiger partial charge on any atom is 0.218 e. The lowest BCUT2D eigenvalue weighted by Crippen LogP contribution is -2.43. The van der Waals surface area contributed by atoms with Crippen molar-refractivity contribution in [1.82, 2.24) is 4.31 Å². The van der Waals surface area contributed by atoms with E-state index in [0.29, 0.717) is 13.1 Å². The van der Waals surface area contributed by atoms with Crippen LogP contribution >= 0.6 is 0 Å². The third-order valence-corrected chi connectivity index (χ3v) is 5.87. The zero-order valence-electron chi connectivity index (χ0n) is 12.1. The third-order valence-electron chi connectivity index (χ3n) is 3.98. The summed E-state index contributed by atoms with van der Waals surface area (Å²) in [5.74, 6) is 0.0807. The molecule has 0 saturated carbocycles. The van der Waals surface area contributed by atoms with E-state index in [0.717, 1.165) is 36.8 Å². The fourth-order valence-corrected chi connectivity index (χ4v) is 4.77. The number of piperidine rings is 1. The number of rotatable bonds is 5. The van der Waals surface area contributed by atoms with Gasteiger partial charge in [-0.05, 0) is 30.4 Å². The number of benzene rings is 1. The van der Waals surface area contributed by atoms with Crippen molar-refractivity contribution in [3.05, 3.63) is 35.4 Å². The van der Waals surface area contributed by atoms with Crippen LogP contribution in [0.25, 0.3) is 0 Å². The molecule has 0 radical (unpaired) electrons. The molecule has 0 spiro atoms. The zero-order chi connectivity index (χ0) is 14.6. The summed E-state index contributed by atoms with van der Waals surface area (Å²) < 4.78 is 27.0. The molecule has 1 saturated heterocycles. The highest BCUT2D eigenvalue weighted by Crippen LogP contribution is 2.24. The van der Waals surface area contributed by atoms with Crippen LogP contribution < -0.4 is 5.73 Å². The van der Waals surface area contributed by atoms with Gasteiger partial charge in [0.1, 0.15) is 0 Å². The lowest BCUT2D eigenvalue weighted by molar-refractivity contribution is 0.246. The van der Waals surface area contributed by atoms with E-state index in [2.05, 4.69) is 6.92 Å². The summed E-state index contributed by atoms with van der Waals surface area (Å²) in [5, 5.41) is 0. The fraction of sp³-hybridized carbons (Fsp3) is 0.600. The van der Waals surface area contributed by atoms with Crippen molar-refractivity contribution in [1.29, 1.82) is 0 Å². The van der Waals surface area contributed by atoms with Crippen LogP contribution in [0.15, 0.2) is 24.3 Å². The minimum atomic E-state index is -3.23. The first-order chi connectivity index (χ1) is 9.56. The summed E-state index contributed by atoms with van der Waals surface area (Å²) >= 11 is 0. The van der Waals surface area contributed by atoms with Gasteiger partial charge in [-0.2, -0.15) is 4.31 Å². The summed E-state index contributed by atoms with van der Waals surface area (Å²) in [6.07, 6.45) is 3.98. The summed E-state index contributed by atoms with van der Waals surface area (Å²) in [6, 6.07) is 7.72. The zero-order valence-corrected chi connectivity index (χ0v) is 12.9. The molecule has 20 heavy (non-hydrogen) atoms. The standard InChI is InChI=1S/C15H24N2O2S/c1-2-15-8-3-4-9-17(15)20(18,19)12-14-7-5-6-13(10-14)11-16/h5-7,10,15H,2-4,8-9,11-12,16H2,1H3. The van der Waals surface area contributed by atoms with Gasteiger partial charge in [-0.25, -0.2) is 8.42 Å². The molecule has 2 N–H and O–H groups in total. The molecule has 1 aliphatic heterocycles. The summed E-state index contributed by atoms with van der Waals surface area (Å²) in [5.41, 5.74) is 7.41. The Hall–Kier alpha value is -0.910. The number of nitrogens with two attached hydrogens (primary N) is 1. The van der Waals surface area contributed by atoms with Crippen molar-refractivity contribution in [2.75, 3.05) is 6.54 Å². The molecule has 112 valence electrons. The van der Waals surface area contributed by atoms with Crippen LogP contribution in [-0.2, 0) is 22.3 Å². The quantitative estimate of drug-likeness (QED) is 0.906. The fourth-order valence-electron chi connectivity index (χ4n) is 2.89. The molecule has 4 nitrogen and oxygen atoms in total. The van der Waals surface area contributed by atoms with E-state index >= 15 is 0 Å². The highest BCUT2D eigenvalue weighted by Gasteiger charge is 2.31. The van der Waals surface area contributed by atoms with Crippen LogP contribution in [0.3, 0.4) is 0 Å². The molecular weight excluding hydrogens is 272 g/mol. The predicted octanol–water partition coefficient (Wildman–Crippen LogP) is 2.24. The largest absolute Gasteiger partial charge is 0.326 e. The van der Waals surface area contributed by atoms with E-state index in [1.165, 1.54) is 0 Å². The van der Waals surface area contributed by atoms with Gasteiger partial charge in [-0.3, -0.25) is 0 Å². The third kappa shape index (κ3) is 3.59. The van der Waals surface area contributed by atoms with Gasteiger partial charge in [0.25, 0.3) is 0 Å². The first-order valence-corrected chi connectivity index (χ1v) is 8.95. The van der Waals surface area contributed by atoms with E-state index < -0.39 is 10.0 Å². The van der Waals surface area contributed by atoms with Crippen LogP contribution in [0.2, 0.25) is 0 Å². The van der Waals surface area contributed by atoms with Crippen molar-refractivity contribution < 1.29 is 8.42 Å². The molecule has 1 fully saturated rings. The summed E-state index contributed by atoms with van der Waals surface area (Å²) in [7, 11) is -3.23. The molecule has 5 heteroatoms. The molecule has 0 aliphatic carbocycles. The SMILES string of the molecule is CCC1CCCCN1S(=O)(=O)Cc1cccc(CN)c1. The van der Waals surface area contributed by atoms with Crippen LogP contribution in [0, 0.1) is 0 Å². The Morgan fingerprint density at radius 1 is 1.30 bits per heavy atom. The maximum absolute atomic E-state index is 12.6. The van der Waals surface area contributed by atoms with E-state index in [9.17, 15) is 8.42 Å². The van der Waals surface area contributed by atoms with Gasteiger partial charge < -0.3 is 5.73 Å². The van der Waals surface area contributed by atoms with Gasteiger partial charge in [-0.15, -0.1) is 0 Å². The van der Waals surface area contributed by atoms with Crippen LogP contribution in [0.4, 0.5) is 0 Å². The minimum Gasteiger partial charge on any atom is -0.326 e. The Morgan fingerprint density at radius 3 is 2.75 bits per heavy atom. The Balaban J connectivity index is 2.17. The monoisotopic (exact) mass is 296 g/mol. The maximum atomic E-state index is 12.6. The molecular formula is C15H24N2O2S. The number of hydrogen-bond acceptors (Lipinski definition) is 3. The summed E-state index contributed by atoms with van der Waals surface area (Å²) in [4.78, 5) is 0. The highest BCUT2D eigenvalue weighted by molar-refractivity contribution is 7.88. The van der Waals surface area contributed by atoms with Crippen molar-refractivity contribution in [3.8, 4) is 0 Å². The molecule has 1 atom stereocenters. The molecule has 0 amide bonds. The van der Waals surface area contributed by atoms with Gasteiger partial charge in [0.15, 0.2) is 0 Å². The first-order valence-electron chi connectivity index (χ1n) is 7.34. The topological polar surface area (TPSA) is 63.4 Å². The Morgan fingerprint density at radius 2 is 2.05 bits per heavy atom. The second kappa shape index (κ2) is 6.70. The van der Waals surface area contributed by atoms with E-state index in [4.69, 9.17) is 5.73 Å². The molecule has 0 bridgehead atoms. The number of nitrogens with zero attached hydrogens (tertiary/aromatic N) is 1. The molecule has 1 aromatic carbocycles. The van der Waals surface area contributed by atoms with Crippen LogP contribution in [0.1, 0.15) is 43.7 Å². The predicted molar refractivity (Wildman–Crippen MR) is 81.6 cm³/mol. The summed E-state index contributed by atoms with van der Waals surface area (Å²) in [6.45, 7) is 3.17. The van der Waals surface area contributed by atoms with Crippen molar-refractivity contribution >= 4 is 10.0 Å². The van der Waals surface area contributed by atoms with Gasteiger partial charge in [0.05, 0.1) is 5.75 Å². The average Bonchev–Trinajstić information content (AvgIpc) is 2.47. The second-order valence-electron chi connectivity index (χ2n) is 5.45. The van der Waals surface area contributed by atoms with Gasteiger partial charge in [0, 0.05) is 19.1 Å². The minimum absolute atomic E-state index is 0.0807. The molecule has 1 aliphatic rings. The van der Waals surface area contributed by atoms with Crippen molar-refractivity contribution in [2.24, 2.45) is 5.73 Å². The van der Waals surface area contributed by atoms with Gasteiger partial charge in [-0.1, -0.05) is 37.6 Å². The Labute approximate surface area is 122 Å². The van der Waals surface area contributed by atoms with Crippen LogP contribution in [0.5, 0.6) is 0 Å². The average molecular weight is 296 g/mol. The van der Waals surface area contributed by atoms with Crippen molar-refractivity contribution in [2.45, 2.75) is 50.9 Å². The first kappa shape index (κ1) is 15.5. The normalized spacial score (nSPS) is 21.0. The highest BCUT2D eigenvalue weighted by atomic mass is 32.2. The van der Waals surface area contributed by atoms with Gasteiger partial charge in [0.2, 0.25) is 10.0 Å². The molecule has 0 aromatic heterocycles. The van der Waals surface area contributed by atoms with E-state index in [-0.39, 0.29) is 11.8 Å². The van der Waals surface area contributed by atoms with Crippen molar-refractivity contribution in [3.63, 3.8) is 0 Å². The number of sulfonamides is 1. The Kier molecular flexibility index (Phi) is 5.18. The molecule has 1 aromatic rings. The van der Waals surface area contributed by atoms with E-state index in [1.54, 1.807) is 4.31 Å². The van der Waals surface area contributed by atoms with Crippen LogP contribution in [-0.4, -0.2) is 25.3 Å². The molecule has 1 unspecified atom stereocenters. The smallest absolute Gasteiger partial charge is 0.218 e. The number of hydrogen-bond donors (Lipinski definition) is 1. The Bertz CT molecular complexity index is 543. The van der Waals surface area contributed by atoms with Gasteiger partial charge >= 0.3 is 0 Å². The molecule has 1 heterocycles. The molecule has 2 rings (SSSR count). The lowest BCUT2D eigenvalue weighted by Gasteiger charge is -2.34. The van der Waals surface area contributed by atoms with E-state index in [1.807, 2.05) is 24.3 Å².